The van der Waals surface area contributed by atoms with E-state index in [9.17, 15) is 0 Å². The Morgan fingerprint density at radius 3 is 2.29 bits per heavy atom. The predicted molar refractivity (Wildman–Crippen MR) is 107 cm³/mol. The summed E-state index contributed by atoms with van der Waals surface area (Å²) in [7, 11) is 1.66. The molecule has 0 bridgehead atoms. The molecule has 2 aromatic rings. The molecule has 0 aliphatic rings. The van der Waals surface area contributed by atoms with Crippen LogP contribution < -0.4 is 14.2 Å². The maximum Gasteiger partial charge on any atom is 0.161 e. The predicted octanol–water partition coefficient (Wildman–Crippen LogP) is 5.57. The van der Waals surface area contributed by atoms with Gasteiger partial charge >= 0.3 is 0 Å². The summed E-state index contributed by atoms with van der Waals surface area (Å²) in [5.74, 6) is 2.49. The van der Waals surface area contributed by atoms with Crippen LogP contribution in [0.3, 0.4) is 0 Å². The topological polar surface area (TPSA) is 27.7 Å². The first-order valence-electron chi connectivity index (χ1n) is 8.05. The zero-order valence-electron chi connectivity index (χ0n) is 14.1. The van der Waals surface area contributed by atoms with Crippen LogP contribution in [0.25, 0.3) is 6.08 Å². The van der Waals surface area contributed by atoms with Crippen LogP contribution >= 0.6 is 22.6 Å². The van der Waals surface area contributed by atoms with E-state index >= 15 is 0 Å². The second-order valence-corrected chi connectivity index (χ2v) is 6.41. The summed E-state index contributed by atoms with van der Waals surface area (Å²) in [6.07, 6.45) is 5.92. The van der Waals surface area contributed by atoms with E-state index < -0.39 is 0 Å². The number of allylic oxidation sites excluding steroid dienone is 1. The van der Waals surface area contributed by atoms with Crippen molar-refractivity contribution in [3.63, 3.8) is 0 Å². The molecule has 0 saturated heterocycles. The van der Waals surface area contributed by atoms with Crippen molar-refractivity contribution in [1.82, 2.24) is 0 Å². The van der Waals surface area contributed by atoms with Crippen LogP contribution in [0.1, 0.15) is 25.3 Å². The number of para-hydroxylation sites is 1. The molecule has 0 atom stereocenters. The smallest absolute Gasteiger partial charge is 0.161 e. The Balaban J connectivity index is 1.73. The highest BCUT2D eigenvalue weighted by Crippen LogP contribution is 2.28. The van der Waals surface area contributed by atoms with Crippen LogP contribution in [0.4, 0.5) is 0 Å². The summed E-state index contributed by atoms with van der Waals surface area (Å²) in [6.45, 7) is 3.34. The molecule has 0 aliphatic heterocycles. The van der Waals surface area contributed by atoms with Crippen molar-refractivity contribution >= 4 is 28.7 Å². The first kappa shape index (κ1) is 18.6. The SMILES string of the molecule is CC=Cc1ccc(OCCCCOc2ccccc2I)c(OC)c1. The molecule has 3 nitrogen and oxygen atoms in total. The van der Waals surface area contributed by atoms with E-state index in [0.29, 0.717) is 13.2 Å². The molecule has 0 N–H and O–H groups in total. The highest BCUT2D eigenvalue weighted by atomic mass is 127. The average Bonchev–Trinajstić information content (AvgIpc) is 2.60. The quantitative estimate of drug-likeness (QED) is 0.379. The van der Waals surface area contributed by atoms with Crippen LogP contribution in [-0.2, 0) is 0 Å². The van der Waals surface area contributed by atoms with Gasteiger partial charge in [-0.25, -0.2) is 0 Å². The van der Waals surface area contributed by atoms with E-state index in [1.807, 2.05) is 61.5 Å². The van der Waals surface area contributed by atoms with Gasteiger partial charge in [-0.2, -0.15) is 0 Å². The van der Waals surface area contributed by atoms with Crippen LogP contribution in [0, 0.1) is 3.57 Å². The first-order chi connectivity index (χ1) is 11.7. The molecule has 0 aromatic heterocycles. The molecule has 0 unspecified atom stereocenters. The molecule has 0 aliphatic carbocycles. The molecule has 0 amide bonds. The fourth-order valence-electron chi connectivity index (χ4n) is 2.23. The Labute approximate surface area is 157 Å². The van der Waals surface area contributed by atoms with Crippen molar-refractivity contribution in [2.75, 3.05) is 20.3 Å². The third kappa shape index (κ3) is 5.74. The number of benzene rings is 2. The van der Waals surface area contributed by atoms with Gasteiger partial charge in [0.15, 0.2) is 11.5 Å². The number of ether oxygens (including phenoxy) is 3. The van der Waals surface area contributed by atoms with E-state index in [4.69, 9.17) is 14.2 Å². The van der Waals surface area contributed by atoms with Crippen LogP contribution in [-0.4, -0.2) is 20.3 Å². The van der Waals surface area contributed by atoms with Crippen LogP contribution in [0.2, 0.25) is 0 Å². The molecule has 0 heterocycles. The van der Waals surface area contributed by atoms with Crippen molar-refractivity contribution in [3.05, 3.63) is 57.7 Å². The largest absolute Gasteiger partial charge is 0.493 e. The average molecular weight is 438 g/mol. The first-order valence-corrected chi connectivity index (χ1v) is 9.13. The Hall–Kier alpha value is -1.69. The van der Waals surface area contributed by atoms with E-state index in [1.54, 1.807) is 7.11 Å². The molecule has 24 heavy (non-hydrogen) atoms. The fraction of sp³-hybridized carbons (Fsp3) is 0.300. The minimum Gasteiger partial charge on any atom is -0.493 e. The molecular formula is C20H23IO3. The Morgan fingerprint density at radius 2 is 1.62 bits per heavy atom. The maximum absolute atomic E-state index is 5.83. The molecule has 4 heteroatoms. The summed E-state index contributed by atoms with van der Waals surface area (Å²) in [4.78, 5) is 0. The highest BCUT2D eigenvalue weighted by Gasteiger charge is 2.05. The van der Waals surface area contributed by atoms with Crippen LogP contribution in [0.5, 0.6) is 17.2 Å². The van der Waals surface area contributed by atoms with Gasteiger partial charge in [-0.05, 0) is 72.2 Å². The maximum atomic E-state index is 5.83. The summed E-state index contributed by atoms with van der Waals surface area (Å²) < 4.78 is 18.1. The molecule has 0 fully saturated rings. The van der Waals surface area contributed by atoms with Crippen molar-refractivity contribution in [2.45, 2.75) is 19.8 Å². The summed E-state index contributed by atoms with van der Waals surface area (Å²) in [5, 5.41) is 0. The fourth-order valence-corrected chi connectivity index (χ4v) is 2.77. The van der Waals surface area contributed by atoms with Gasteiger partial charge in [0.1, 0.15) is 5.75 Å². The Kier molecular flexibility index (Phi) is 7.95. The zero-order chi connectivity index (χ0) is 17.2. The van der Waals surface area contributed by atoms with E-state index in [-0.39, 0.29) is 0 Å². The van der Waals surface area contributed by atoms with Gasteiger partial charge < -0.3 is 14.2 Å². The van der Waals surface area contributed by atoms with Gasteiger partial charge in [0.05, 0.1) is 23.9 Å². The summed E-state index contributed by atoms with van der Waals surface area (Å²) >= 11 is 2.28. The lowest BCUT2D eigenvalue weighted by Crippen LogP contribution is -2.04. The standard InChI is InChI=1S/C20H23IO3/c1-3-8-16-11-12-19(20(15-16)22-2)24-14-7-6-13-23-18-10-5-4-9-17(18)21/h3-5,8-12,15H,6-7,13-14H2,1-2H3. The molecule has 0 spiro atoms. The zero-order valence-corrected chi connectivity index (χ0v) is 16.3. The Morgan fingerprint density at radius 1 is 0.917 bits per heavy atom. The molecule has 0 radical (unpaired) electrons. The molecular weight excluding hydrogens is 415 g/mol. The summed E-state index contributed by atoms with van der Waals surface area (Å²) in [5.41, 5.74) is 1.10. The monoisotopic (exact) mass is 438 g/mol. The lowest BCUT2D eigenvalue weighted by atomic mass is 10.2. The molecule has 0 saturated carbocycles. The second-order valence-electron chi connectivity index (χ2n) is 5.24. The second kappa shape index (κ2) is 10.2. The molecule has 2 aromatic carbocycles. The highest BCUT2D eigenvalue weighted by molar-refractivity contribution is 14.1. The van der Waals surface area contributed by atoms with Gasteiger partial charge in [0.2, 0.25) is 0 Å². The normalized spacial score (nSPS) is 10.8. The third-order valence-corrected chi connectivity index (χ3v) is 4.33. The number of methoxy groups -OCH3 is 1. The van der Waals surface area contributed by atoms with Gasteiger partial charge in [0, 0.05) is 0 Å². The van der Waals surface area contributed by atoms with Crippen molar-refractivity contribution in [2.24, 2.45) is 0 Å². The lowest BCUT2D eigenvalue weighted by Gasteiger charge is -2.12. The lowest BCUT2D eigenvalue weighted by molar-refractivity contribution is 0.257. The van der Waals surface area contributed by atoms with Gasteiger partial charge in [0.25, 0.3) is 0 Å². The molecule has 2 rings (SSSR count). The van der Waals surface area contributed by atoms with Gasteiger partial charge in [-0.15, -0.1) is 0 Å². The molecule has 128 valence electrons. The van der Waals surface area contributed by atoms with E-state index in [0.717, 1.165) is 39.2 Å². The van der Waals surface area contributed by atoms with Gasteiger partial charge in [-0.3, -0.25) is 0 Å². The van der Waals surface area contributed by atoms with E-state index in [2.05, 4.69) is 22.6 Å². The number of hydrogen-bond acceptors (Lipinski definition) is 3. The number of rotatable bonds is 9. The Bertz CT molecular complexity index is 668. The summed E-state index contributed by atoms with van der Waals surface area (Å²) in [6, 6.07) is 14.0. The third-order valence-electron chi connectivity index (χ3n) is 3.44. The minimum atomic E-state index is 0.647. The van der Waals surface area contributed by atoms with Gasteiger partial charge in [-0.1, -0.05) is 30.4 Å². The van der Waals surface area contributed by atoms with Crippen molar-refractivity contribution in [3.8, 4) is 17.2 Å². The van der Waals surface area contributed by atoms with Crippen molar-refractivity contribution in [1.29, 1.82) is 0 Å². The number of unbranched alkanes of at least 4 members (excludes halogenated alkanes) is 1. The number of hydrogen-bond donors (Lipinski definition) is 0. The van der Waals surface area contributed by atoms with Crippen molar-refractivity contribution < 1.29 is 14.2 Å². The van der Waals surface area contributed by atoms with E-state index in [1.165, 1.54) is 0 Å². The van der Waals surface area contributed by atoms with Crippen LogP contribution in [0.15, 0.2) is 48.5 Å². The number of halogens is 1. The minimum absolute atomic E-state index is 0.647.